The highest BCUT2D eigenvalue weighted by Crippen LogP contribution is 2.30. The molecule has 2 rings (SSSR count). The maximum Gasteiger partial charge on any atom is 0.238 e. The van der Waals surface area contributed by atoms with Gasteiger partial charge in [0.15, 0.2) is 0 Å². The normalized spacial score (nSPS) is 11.8. The molecule has 4 N–H and O–H groups in total. The van der Waals surface area contributed by atoms with Crippen LogP contribution in [0.5, 0.6) is 5.75 Å². The van der Waals surface area contributed by atoms with E-state index in [1.807, 2.05) is 0 Å². The van der Waals surface area contributed by atoms with Gasteiger partial charge in [0, 0.05) is 10.6 Å². The van der Waals surface area contributed by atoms with Crippen LogP contribution in [-0.4, -0.2) is 19.7 Å². The number of benzene rings is 2. The van der Waals surface area contributed by atoms with Gasteiger partial charge in [-0.15, -0.1) is 0 Å². The molecule has 0 aliphatic rings. The van der Waals surface area contributed by atoms with Crippen LogP contribution in [0.2, 0.25) is 10.0 Å². The third-order valence-electron chi connectivity index (χ3n) is 2.64. The lowest BCUT2D eigenvalue weighted by Crippen LogP contribution is -2.11. The molecule has 0 fully saturated rings. The van der Waals surface area contributed by atoms with Crippen LogP contribution in [0.1, 0.15) is 5.56 Å². The first-order valence-electron chi connectivity index (χ1n) is 5.87. The van der Waals surface area contributed by atoms with Gasteiger partial charge in [-0.2, -0.15) is 5.10 Å². The average Bonchev–Trinajstić information content (AvgIpc) is 2.43. The number of primary sulfonamides is 1. The Balaban J connectivity index is 2.13. The number of phenols is 1. The summed E-state index contributed by atoms with van der Waals surface area (Å²) in [6, 6.07) is 8.61. The van der Waals surface area contributed by atoms with Gasteiger partial charge < -0.3 is 5.11 Å². The number of sulfonamides is 1. The summed E-state index contributed by atoms with van der Waals surface area (Å²) in [6.45, 7) is 0. The summed E-state index contributed by atoms with van der Waals surface area (Å²) in [5.41, 5.74) is 3.55. The van der Waals surface area contributed by atoms with E-state index in [9.17, 15) is 13.5 Å². The second kappa shape index (κ2) is 6.53. The zero-order chi connectivity index (χ0) is 16.3. The molecular formula is C13H11Cl2N3O3S. The second-order valence-electron chi connectivity index (χ2n) is 4.26. The van der Waals surface area contributed by atoms with Gasteiger partial charge in [0.2, 0.25) is 10.0 Å². The first-order chi connectivity index (χ1) is 10.3. The molecule has 22 heavy (non-hydrogen) atoms. The molecule has 0 saturated heterocycles. The maximum atomic E-state index is 11.1. The minimum Gasteiger partial charge on any atom is -0.506 e. The first kappa shape index (κ1) is 16.6. The summed E-state index contributed by atoms with van der Waals surface area (Å²) in [7, 11) is -3.73. The number of nitrogens with zero attached hydrogens (tertiary/aromatic N) is 1. The van der Waals surface area contributed by atoms with Gasteiger partial charge in [-0.3, -0.25) is 5.43 Å². The van der Waals surface area contributed by atoms with Gasteiger partial charge in [0.1, 0.15) is 5.75 Å². The number of nitrogens with one attached hydrogen (secondary N) is 1. The van der Waals surface area contributed by atoms with Crippen LogP contribution in [0.25, 0.3) is 0 Å². The summed E-state index contributed by atoms with van der Waals surface area (Å²) in [6.07, 6.45) is 1.33. The Labute approximate surface area is 137 Å². The first-order valence-corrected chi connectivity index (χ1v) is 8.17. The lowest BCUT2D eigenvalue weighted by Gasteiger charge is -2.04. The molecular weight excluding hydrogens is 349 g/mol. The number of hydrogen-bond donors (Lipinski definition) is 3. The summed E-state index contributed by atoms with van der Waals surface area (Å²) in [5.74, 6) is -0.138. The third kappa shape index (κ3) is 4.11. The predicted octanol–water partition coefficient (Wildman–Crippen LogP) is 2.79. The topological polar surface area (TPSA) is 105 Å². The van der Waals surface area contributed by atoms with Gasteiger partial charge in [-0.25, -0.2) is 13.6 Å². The zero-order valence-corrected chi connectivity index (χ0v) is 13.3. The molecule has 0 aliphatic carbocycles. The molecule has 0 spiro atoms. The van der Waals surface area contributed by atoms with Gasteiger partial charge in [-0.1, -0.05) is 23.2 Å². The highest BCUT2D eigenvalue weighted by atomic mass is 35.5. The zero-order valence-electron chi connectivity index (χ0n) is 11.0. The molecule has 0 radical (unpaired) electrons. The van der Waals surface area contributed by atoms with Crippen molar-refractivity contribution < 1.29 is 13.5 Å². The van der Waals surface area contributed by atoms with E-state index in [4.69, 9.17) is 28.3 Å². The van der Waals surface area contributed by atoms with Gasteiger partial charge in [-0.05, 0) is 36.4 Å². The smallest absolute Gasteiger partial charge is 0.238 e. The number of rotatable bonds is 4. The Morgan fingerprint density at radius 1 is 1.18 bits per heavy atom. The van der Waals surface area contributed by atoms with Crippen LogP contribution in [0.15, 0.2) is 46.4 Å². The number of hydrazone groups is 1. The Kier molecular flexibility index (Phi) is 4.92. The van der Waals surface area contributed by atoms with Crippen molar-refractivity contribution in [3.63, 3.8) is 0 Å². The molecule has 0 heterocycles. The van der Waals surface area contributed by atoms with Crippen molar-refractivity contribution in [3.05, 3.63) is 52.0 Å². The molecule has 0 saturated carbocycles. The molecule has 0 aromatic heterocycles. The molecule has 9 heteroatoms. The minimum atomic E-state index is -3.73. The molecule has 6 nitrogen and oxygen atoms in total. The van der Waals surface area contributed by atoms with Crippen molar-refractivity contribution >= 4 is 45.1 Å². The van der Waals surface area contributed by atoms with Crippen molar-refractivity contribution in [2.75, 3.05) is 5.43 Å². The monoisotopic (exact) mass is 359 g/mol. The van der Waals surface area contributed by atoms with Crippen LogP contribution in [0.4, 0.5) is 5.69 Å². The minimum absolute atomic E-state index is 0.00120. The van der Waals surface area contributed by atoms with E-state index in [0.29, 0.717) is 16.3 Å². The van der Waals surface area contributed by atoms with E-state index in [2.05, 4.69) is 10.5 Å². The summed E-state index contributed by atoms with van der Waals surface area (Å²) < 4.78 is 22.2. The van der Waals surface area contributed by atoms with Crippen molar-refractivity contribution in [2.45, 2.75) is 4.90 Å². The van der Waals surface area contributed by atoms with Crippen LogP contribution >= 0.6 is 23.2 Å². The number of aromatic hydroxyl groups is 1. The van der Waals surface area contributed by atoms with E-state index < -0.39 is 10.0 Å². The van der Waals surface area contributed by atoms with Crippen molar-refractivity contribution in [3.8, 4) is 5.75 Å². The van der Waals surface area contributed by atoms with Gasteiger partial charge >= 0.3 is 0 Å². The number of nitrogens with two attached hydrogens (primary N) is 1. The van der Waals surface area contributed by atoms with Crippen LogP contribution in [0.3, 0.4) is 0 Å². The molecule has 0 atom stereocenters. The number of phenolic OH excluding ortho intramolecular Hbond substituents is 1. The second-order valence-corrected chi connectivity index (χ2v) is 6.67. The standard InChI is InChI=1S/C13H11Cl2N3O3S/c14-9-5-8(13(19)12(15)6-9)7-17-18-10-1-3-11(4-2-10)22(16,20)21/h1-7,18-19H,(H2,16,20,21). The van der Waals surface area contributed by atoms with E-state index in [0.717, 1.165) is 0 Å². The molecule has 2 aromatic carbocycles. The van der Waals surface area contributed by atoms with E-state index >= 15 is 0 Å². The summed E-state index contributed by atoms with van der Waals surface area (Å²) in [4.78, 5) is 0.00120. The fourth-order valence-corrected chi connectivity index (χ4v) is 2.60. The maximum absolute atomic E-state index is 11.1. The van der Waals surface area contributed by atoms with E-state index in [1.54, 1.807) is 0 Å². The predicted molar refractivity (Wildman–Crippen MR) is 87.2 cm³/mol. The van der Waals surface area contributed by atoms with Crippen molar-refractivity contribution in [2.24, 2.45) is 10.2 Å². The lowest BCUT2D eigenvalue weighted by atomic mass is 10.2. The molecule has 0 amide bonds. The average molecular weight is 360 g/mol. The molecule has 116 valence electrons. The molecule has 0 unspecified atom stereocenters. The molecule has 0 aliphatic heterocycles. The van der Waals surface area contributed by atoms with Gasteiger partial charge in [0.25, 0.3) is 0 Å². The quantitative estimate of drug-likeness (QED) is 0.576. The SMILES string of the molecule is NS(=O)(=O)c1ccc(NN=Cc2cc(Cl)cc(Cl)c2O)cc1. The largest absolute Gasteiger partial charge is 0.506 e. The van der Waals surface area contributed by atoms with Crippen molar-refractivity contribution in [1.29, 1.82) is 0 Å². The third-order valence-corrected chi connectivity index (χ3v) is 4.07. The Morgan fingerprint density at radius 2 is 1.82 bits per heavy atom. The number of anilines is 1. The van der Waals surface area contributed by atoms with E-state index in [-0.39, 0.29) is 15.7 Å². The van der Waals surface area contributed by atoms with Crippen LogP contribution in [0, 0.1) is 0 Å². The molecule has 2 aromatic rings. The van der Waals surface area contributed by atoms with Crippen molar-refractivity contribution in [1.82, 2.24) is 0 Å². The highest BCUT2D eigenvalue weighted by Gasteiger charge is 2.07. The number of halogens is 2. The van der Waals surface area contributed by atoms with Crippen LogP contribution in [-0.2, 0) is 10.0 Å². The Morgan fingerprint density at radius 3 is 2.41 bits per heavy atom. The Hall–Kier alpha value is -1.80. The van der Waals surface area contributed by atoms with Crippen LogP contribution < -0.4 is 10.6 Å². The van der Waals surface area contributed by atoms with E-state index in [1.165, 1.54) is 42.6 Å². The van der Waals surface area contributed by atoms with Gasteiger partial charge in [0.05, 0.1) is 21.8 Å². The fourth-order valence-electron chi connectivity index (χ4n) is 1.58. The molecule has 0 bridgehead atoms. The Bertz CT molecular complexity index is 821. The number of hydrogen-bond acceptors (Lipinski definition) is 5. The fraction of sp³-hybridized carbons (Fsp3) is 0. The lowest BCUT2D eigenvalue weighted by molar-refractivity contribution is 0.475. The summed E-state index contributed by atoms with van der Waals surface area (Å²) >= 11 is 11.6. The highest BCUT2D eigenvalue weighted by molar-refractivity contribution is 7.89. The summed E-state index contributed by atoms with van der Waals surface area (Å²) in [5, 5.41) is 19.1.